The van der Waals surface area contributed by atoms with Crippen molar-refractivity contribution in [3.8, 4) is 0 Å². The molecule has 2 heterocycles. The summed E-state index contributed by atoms with van der Waals surface area (Å²) in [6.45, 7) is 4.80. The summed E-state index contributed by atoms with van der Waals surface area (Å²) in [6.07, 6.45) is 7.42. The molecule has 158 valence electrons. The number of amides is 3. The van der Waals surface area contributed by atoms with Crippen molar-refractivity contribution in [1.82, 2.24) is 15.4 Å². The molecule has 2 aliphatic rings. The quantitative estimate of drug-likeness (QED) is 0.315. The van der Waals surface area contributed by atoms with Crippen molar-refractivity contribution >= 4 is 46.0 Å². The molecule has 1 unspecified atom stereocenters. The van der Waals surface area contributed by atoms with Crippen LogP contribution in [0.15, 0.2) is 12.1 Å². The molecule has 0 aliphatic carbocycles. The van der Waals surface area contributed by atoms with Gasteiger partial charge in [0.25, 0.3) is 11.8 Å². The topological polar surface area (TPSA) is 81.8 Å². The molecule has 1 atom stereocenters. The second-order valence-electron chi connectivity index (χ2n) is 7.76. The van der Waals surface area contributed by atoms with Crippen LogP contribution >= 0.6 is 22.6 Å². The Morgan fingerprint density at radius 2 is 1.83 bits per heavy atom. The molecule has 1 fully saturated rings. The Morgan fingerprint density at radius 3 is 2.55 bits per heavy atom. The number of hydrogen-bond donors (Lipinski definition) is 2. The Hall–Kier alpha value is -1.68. The molecule has 0 saturated carbocycles. The third-order valence-corrected chi connectivity index (χ3v) is 6.09. The van der Waals surface area contributed by atoms with Gasteiger partial charge in [0.15, 0.2) is 0 Å². The van der Waals surface area contributed by atoms with Gasteiger partial charge in [-0.2, -0.15) is 0 Å². The summed E-state index contributed by atoms with van der Waals surface area (Å²) in [4.78, 5) is 37.5. The lowest BCUT2D eigenvalue weighted by molar-refractivity contribution is -0.142. The number of hydrogen-bond acceptors (Lipinski definition) is 5. The van der Waals surface area contributed by atoms with Crippen molar-refractivity contribution in [1.29, 1.82) is 0 Å². The highest BCUT2D eigenvalue weighted by Gasteiger charge is 2.41. The minimum atomic E-state index is -0.681. The highest BCUT2D eigenvalue weighted by Crippen LogP contribution is 2.32. The molecule has 1 aromatic carbocycles. The number of aryl methyl sites for hydroxylation is 1. The summed E-state index contributed by atoms with van der Waals surface area (Å²) in [5.41, 5.74) is 5.73. The largest absolute Gasteiger partial charge is 0.300 e. The summed E-state index contributed by atoms with van der Waals surface area (Å²) in [5, 5.41) is 5.68. The van der Waals surface area contributed by atoms with Gasteiger partial charge in [0.2, 0.25) is 5.91 Å². The van der Waals surface area contributed by atoms with Crippen molar-refractivity contribution in [3.05, 3.63) is 26.8 Å². The number of nitrogens with one attached hydrogen (secondary N) is 2. The van der Waals surface area contributed by atoms with Crippen molar-refractivity contribution in [2.24, 2.45) is 0 Å². The van der Waals surface area contributed by atoms with E-state index in [2.05, 4.69) is 40.3 Å². The minimum Gasteiger partial charge on any atom is -0.300 e. The van der Waals surface area contributed by atoms with Crippen LogP contribution in [-0.4, -0.2) is 40.4 Å². The van der Waals surface area contributed by atoms with Crippen LogP contribution in [0.25, 0.3) is 0 Å². The Morgan fingerprint density at radius 1 is 1.10 bits per heavy atom. The number of fused-ring (bicyclic) bond motifs is 1. The lowest BCUT2D eigenvalue weighted by Crippen LogP contribution is -2.63. The zero-order valence-electron chi connectivity index (χ0n) is 17.1. The van der Waals surface area contributed by atoms with E-state index >= 15 is 0 Å². The van der Waals surface area contributed by atoms with E-state index in [1.54, 1.807) is 5.12 Å². The maximum Gasteiger partial charge on any atom is 0.272 e. The van der Waals surface area contributed by atoms with Crippen molar-refractivity contribution < 1.29 is 14.4 Å². The van der Waals surface area contributed by atoms with Gasteiger partial charge in [-0.15, -0.1) is 5.12 Å². The van der Waals surface area contributed by atoms with E-state index in [-0.39, 0.29) is 18.2 Å². The maximum atomic E-state index is 13.4. The van der Waals surface area contributed by atoms with E-state index in [4.69, 9.17) is 0 Å². The number of hydrazine groups is 2. The van der Waals surface area contributed by atoms with Crippen molar-refractivity contribution in [3.63, 3.8) is 0 Å². The van der Waals surface area contributed by atoms with Crippen LogP contribution in [-0.2, 0) is 9.59 Å². The number of imide groups is 1. The van der Waals surface area contributed by atoms with Gasteiger partial charge < -0.3 is 5.43 Å². The van der Waals surface area contributed by atoms with Crippen LogP contribution in [0.1, 0.15) is 74.2 Å². The van der Waals surface area contributed by atoms with Gasteiger partial charge >= 0.3 is 0 Å². The smallest absolute Gasteiger partial charge is 0.272 e. The first-order chi connectivity index (χ1) is 13.9. The van der Waals surface area contributed by atoms with E-state index in [1.165, 1.54) is 30.7 Å². The molecule has 0 radical (unpaired) electrons. The number of rotatable bonds is 8. The van der Waals surface area contributed by atoms with Crippen LogP contribution in [0.5, 0.6) is 0 Å². The number of nitrogens with zero attached hydrogens (tertiary/aromatic N) is 2. The fourth-order valence-corrected chi connectivity index (χ4v) is 4.69. The molecular formula is C21H29IN4O3. The summed E-state index contributed by atoms with van der Waals surface area (Å²) in [5.74, 6) is -0.882. The summed E-state index contributed by atoms with van der Waals surface area (Å²) < 4.78 is 0.974. The molecule has 2 aliphatic heterocycles. The Bertz CT molecular complexity index is 798. The molecule has 0 spiro atoms. The lowest BCUT2D eigenvalue weighted by Gasteiger charge is -2.44. The maximum absolute atomic E-state index is 13.4. The van der Waals surface area contributed by atoms with E-state index in [0.29, 0.717) is 18.5 Å². The molecule has 1 saturated heterocycles. The van der Waals surface area contributed by atoms with Crippen LogP contribution in [0.2, 0.25) is 0 Å². The van der Waals surface area contributed by atoms with Gasteiger partial charge in [-0.3, -0.25) is 19.7 Å². The summed E-state index contributed by atoms with van der Waals surface area (Å²) in [7, 11) is 0. The minimum absolute atomic E-state index is 0.194. The van der Waals surface area contributed by atoms with Crippen LogP contribution in [0.4, 0.5) is 5.69 Å². The standard InChI is InChI=1S/C21H29IN4O3/c1-3-4-5-6-7-8-11-25-24-19-14(2)12-15(22)13-16(19)21(29)26(25)17-9-10-18(27)23-20(17)28/h12-13,17,24H,3-11H2,1-2H3,(H,23,27,28). The first kappa shape index (κ1) is 22.0. The molecule has 7 nitrogen and oxygen atoms in total. The first-order valence-corrected chi connectivity index (χ1v) is 11.5. The van der Waals surface area contributed by atoms with Crippen LogP contribution < -0.4 is 10.7 Å². The van der Waals surface area contributed by atoms with Crippen molar-refractivity contribution in [2.45, 2.75) is 71.3 Å². The molecule has 29 heavy (non-hydrogen) atoms. The third-order valence-electron chi connectivity index (χ3n) is 5.47. The highest BCUT2D eigenvalue weighted by molar-refractivity contribution is 14.1. The van der Waals surface area contributed by atoms with E-state index in [1.807, 2.05) is 19.1 Å². The van der Waals surface area contributed by atoms with E-state index in [9.17, 15) is 14.4 Å². The predicted molar refractivity (Wildman–Crippen MR) is 120 cm³/mol. The average Bonchev–Trinajstić information content (AvgIpc) is 2.66. The summed E-state index contributed by atoms with van der Waals surface area (Å²) in [6, 6.07) is 3.20. The predicted octanol–water partition coefficient (Wildman–Crippen LogP) is 3.77. The molecule has 3 amide bonds. The number of piperidine rings is 1. The average molecular weight is 512 g/mol. The Balaban J connectivity index is 1.81. The number of carbonyl (C=O) groups is 3. The normalized spacial score (nSPS) is 19.8. The second-order valence-corrected chi connectivity index (χ2v) is 9.01. The van der Waals surface area contributed by atoms with Crippen LogP contribution in [0, 0.1) is 10.5 Å². The number of unbranched alkanes of at least 4 members (excludes halogenated alkanes) is 5. The molecule has 0 aromatic heterocycles. The van der Waals surface area contributed by atoms with Gasteiger partial charge in [0.1, 0.15) is 6.04 Å². The second kappa shape index (κ2) is 9.88. The zero-order chi connectivity index (χ0) is 21.0. The van der Waals surface area contributed by atoms with Crippen LogP contribution in [0.3, 0.4) is 0 Å². The molecular weight excluding hydrogens is 483 g/mol. The molecule has 1 aromatic rings. The number of anilines is 1. The molecule has 3 rings (SSSR count). The van der Waals surface area contributed by atoms with E-state index < -0.39 is 11.9 Å². The van der Waals surface area contributed by atoms with Gasteiger partial charge in [-0.1, -0.05) is 39.0 Å². The molecule has 0 bridgehead atoms. The fourth-order valence-electron chi connectivity index (χ4n) is 3.91. The van der Waals surface area contributed by atoms with Gasteiger partial charge in [0.05, 0.1) is 11.3 Å². The van der Waals surface area contributed by atoms with Gasteiger partial charge in [0, 0.05) is 16.5 Å². The number of benzene rings is 1. The monoisotopic (exact) mass is 512 g/mol. The number of halogens is 1. The zero-order valence-corrected chi connectivity index (χ0v) is 19.3. The Labute approximate surface area is 185 Å². The fraction of sp³-hybridized carbons (Fsp3) is 0.571. The van der Waals surface area contributed by atoms with Gasteiger partial charge in [-0.05, 0) is 60.1 Å². The molecule has 2 N–H and O–H groups in total. The first-order valence-electron chi connectivity index (χ1n) is 10.4. The number of carbonyl (C=O) groups excluding carboxylic acids is 3. The SMILES string of the molecule is CCCCCCCCN1Nc2c(C)cc(I)cc2C(=O)N1C1CCC(=O)NC1=O. The summed E-state index contributed by atoms with van der Waals surface area (Å²) >= 11 is 2.20. The molecule has 8 heteroatoms. The highest BCUT2D eigenvalue weighted by atomic mass is 127. The third kappa shape index (κ3) is 5.09. The van der Waals surface area contributed by atoms with Gasteiger partial charge in [-0.25, -0.2) is 5.01 Å². The van der Waals surface area contributed by atoms with Crippen molar-refractivity contribution in [2.75, 3.05) is 12.0 Å². The Kier molecular flexibility index (Phi) is 7.50. The van der Waals surface area contributed by atoms with E-state index in [0.717, 1.165) is 27.7 Å². The lowest BCUT2D eigenvalue weighted by atomic mass is 10.0.